The number of carboxylic acids is 1. The van der Waals surface area contributed by atoms with E-state index in [0.717, 1.165) is 0 Å². The van der Waals surface area contributed by atoms with Gasteiger partial charge in [0.15, 0.2) is 5.58 Å². The number of hydrogen-bond donors (Lipinski definition) is 1. The molecule has 1 atom stereocenters. The Morgan fingerprint density at radius 2 is 2.17 bits per heavy atom. The van der Waals surface area contributed by atoms with Gasteiger partial charge < -0.3 is 14.4 Å². The van der Waals surface area contributed by atoms with Crippen LogP contribution < -0.4 is 10.7 Å². The zero-order valence-corrected chi connectivity index (χ0v) is 10.4. The zero-order valence-electron chi connectivity index (χ0n) is 10.4. The topological polar surface area (TPSA) is 75.7 Å². The molecule has 6 heteroatoms. The number of aryl methyl sites for hydroxylation is 1. The van der Waals surface area contributed by atoms with Gasteiger partial charge in [0, 0.05) is 19.8 Å². The predicted molar refractivity (Wildman–Crippen MR) is 67.0 cm³/mol. The molecule has 18 heavy (non-hydrogen) atoms. The van der Waals surface area contributed by atoms with Crippen LogP contribution in [-0.2, 0) is 11.8 Å². The van der Waals surface area contributed by atoms with E-state index in [1.165, 1.54) is 4.57 Å². The minimum Gasteiger partial charge on any atom is -0.480 e. The van der Waals surface area contributed by atoms with E-state index in [-0.39, 0.29) is 0 Å². The highest BCUT2D eigenvalue weighted by Crippen LogP contribution is 2.21. The van der Waals surface area contributed by atoms with Crippen LogP contribution in [0.15, 0.2) is 27.4 Å². The van der Waals surface area contributed by atoms with Crippen LogP contribution >= 0.6 is 0 Å². The van der Waals surface area contributed by atoms with Gasteiger partial charge in [-0.25, -0.2) is 9.59 Å². The van der Waals surface area contributed by atoms with Crippen molar-refractivity contribution >= 4 is 22.8 Å². The van der Waals surface area contributed by atoms with Gasteiger partial charge in [-0.1, -0.05) is 0 Å². The molecular weight excluding hydrogens is 236 g/mol. The van der Waals surface area contributed by atoms with Crippen molar-refractivity contribution in [2.24, 2.45) is 7.05 Å². The average Bonchev–Trinajstić information content (AvgIpc) is 2.63. The number of carbonyl (C=O) groups is 1. The molecule has 2 aromatic rings. The number of aromatic nitrogens is 1. The molecule has 0 aliphatic rings. The second kappa shape index (κ2) is 4.21. The summed E-state index contributed by atoms with van der Waals surface area (Å²) in [6, 6.07) is 4.48. The molecule has 0 bridgehead atoms. The van der Waals surface area contributed by atoms with Gasteiger partial charge in [0.05, 0.1) is 5.52 Å². The van der Waals surface area contributed by atoms with Gasteiger partial charge in [-0.2, -0.15) is 0 Å². The van der Waals surface area contributed by atoms with Crippen molar-refractivity contribution in [1.29, 1.82) is 0 Å². The van der Waals surface area contributed by atoms with Gasteiger partial charge in [-0.3, -0.25) is 4.57 Å². The van der Waals surface area contributed by atoms with Crippen molar-refractivity contribution in [2.45, 2.75) is 13.0 Å². The van der Waals surface area contributed by atoms with Crippen molar-refractivity contribution in [3.05, 3.63) is 28.7 Å². The molecule has 0 saturated carbocycles. The van der Waals surface area contributed by atoms with Gasteiger partial charge in [0.2, 0.25) is 0 Å². The van der Waals surface area contributed by atoms with Crippen molar-refractivity contribution in [3.63, 3.8) is 0 Å². The van der Waals surface area contributed by atoms with E-state index in [2.05, 4.69) is 0 Å². The molecule has 0 fully saturated rings. The Kier molecular flexibility index (Phi) is 2.86. The lowest BCUT2D eigenvalue weighted by atomic mass is 10.2. The fourth-order valence-electron chi connectivity index (χ4n) is 1.72. The van der Waals surface area contributed by atoms with Crippen LogP contribution in [0.4, 0.5) is 5.69 Å². The second-order valence-corrected chi connectivity index (χ2v) is 4.20. The summed E-state index contributed by atoms with van der Waals surface area (Å²) in [5.74, 6) is -1.34. The number of aliphatic carboxylic acids is 1. The maximum absolute atomic E-state index is 11.4. The monoisotopic (exact) mass is 250 g/mol. The Balaban J connectivity index is 2.50. The van der Waals surface area contributed by atoms with Gasteiger partial charge in [-0.15, -0.1) is 0 Å². The van der Waals surface area contributed by atoms with Crippen LogP contribution in [0.3, 0.4) is 0 Å². The van der Waals surface area contributed by atoms with Crippen LogP contribution in [0, 0.1) is 0 Å². The highest BCUT2D eigenvalue weighted by atomic mass is 16.4. The number of benzene rings is 1. The van der Waals surface area contributed by atoms with E-state index in [4.69, 9.17) is 9.52 Å². The molecule has 0 radical (unpaired) electrons. The third-order valence-corrected chi connectivity index (χ3v) is 3.12. The van der Waals surface area contributed by atoms with Crippen molar-refractivity contribution < 1.29 is 14.3 Å². The third-order valence-electron chi connectivity index (χ3n) is 3.12. The fourth-order valence-corrected chi connectivity index (χ4v) is 1.72. The first kappa shape index (κ1) is 12.2. The Morgan fingerprint density at radius 1 is 1.50 bits per heavy atom. The lowest BCUT2D eigenvalue weighted by Crippen LogP contribution is -2.35. The number of hydrogen-bond acceptors (Lipinski definition) is 4. The van der Waals surface area contributed by atoms with Crippen LogP contribution in [0.25, 0.3) is 11.1 Å². The quantitative estimate of drug-likeness (QED) is 0.880. The third kappa shape index (κ3) is 1.85. The van der Waals surface area contributed by atoms with Crippen molar-refractivity contribution in [2.75, 3.05) is 11.9 Å². The summed E-state index contributed by atoms with van der Waals surface area (Å²) >= 11 is 0. The van der Waals surface area contributed by atoms with Gasteiger partial charge in [0.25, 0.3) is 0 Å². The molecule has 1 unspecified atom stereocenters. The summed E-state index contributed by atoms with van der Waals surface area (Å²) in [5.41, 5.74) is 1.85. The standard InChI is InChI=1S/C12H14N2O4/c1-7(11(15)16)13(2)8-4-5-10-9(6-8)14(3)12(17)18-10/h4-7H,1-3H3,(H,15,16). The first-order valence-corrected chi connectivity index (χ1v) is 5.47. The highest BCUT2D eigenvalue weighted by molar-refractivity contribution is 5.81. The second-order valence-electron chi connectivity index (χ2n) is 4.20. The largest absolute Gasteiger partial charge is 0.480 e. The van der Waals surface area contributed by atoms with Crippen LogP contribution in [0.5, 0.6) is 0 Å². The maximum atomic E-state index is 11.4. The minimum absolute atomic E-state index is 0.434. The fraction of sp³-hybridized carbons (Fsp3) is 0.333. The Hall–Kier alpha value is -2.24. The summed E-state index contributed by atoms with van der Waals surface area (Å²) in [6.07, 6.45) is 0. The van der Waals surface area contributed by atoms with Crippen LogP contribution in [0.2, 0.25) is 0 Å². The summed E-state index contributed by atoms with van der Waals surface area (Å²) in [6.45, 7) is 1.60. The van der Waals surface area contributed by atoms with E-state index >= 15 is 0 Å². The average molecular weight is 250 g/mol. The van der Waals surface area contributed by atoms with E-state index in [9.17, 15) is 9.59 Å². The first-order chi connectivity index (χ1) is 8.41. The normalized spacial score (nSPS) is 12.6. The lowest BCUT2D eigenvalue weighted by molar-refractivity contribution is -0.138. The number of nitrogens with zero attached hydrogens (tertiary/aromatic N) is 2. The smallest absolute Gasteiger partial charge is 0.419 e. The predicted octanol–water partition coefficient (Wildman–Crippen LogP) is 1.04. The number of likely N-dealkylation sites (N-methyl/N-ethyl adjacent to an activating group) is 1. The highest BCUT2D eigenvalue weighted by Gasteiger charge is 2.18. The Morgan fingerprint density at radius 3 is 2.78 bits per heavy atom. The molecule has 96 valence electrons. The molecule has 0 aliphatic carbocycles. The number of oxazole rings is 1. The minimum atomic E-state index is -0.904. The number of anilines is 1. The first-order valence-electron chi connectivity index (χ1n) is 5.47. The number of rotatable bonds is 3. The van der Waals surface area contributed by atoms with E-state index in [1.807, 2.05) is 0 Å². The SMILES string of the molecule is CC(C(=O)O)N(C)c1ccc2oc(=O)n(C)c2c1. The van der Waals surface area contributed by atoms with Crippen molar-refractivity contribution in [3.8, 4) is 0 Å². The number of carboxylic acid groups (broad SMARTS) is 1. The van der Waals surface area contributed by atoms with Crippen LogP contribution in [-0.4, -0.2) is 28.7 Å². The molecule has 2 rings (SSSR count). The molecule has 0 spiro atoms. The van der Waals surface area contributed by atoms with Gasteiger partial charge in [0.1, 0.15) is 6.04 Å². The molecule has 1 aromatic carbocycles. The Bertz CT molecular complexity index is 656. The molecular formula is C12H14N2O4. The molecule has 0 saturated heterocycles. The Labute approximate surface area is 103 Å². The van der Waals surface area contributed by atoms with E-state index in [0.29, 0.717) is 16.8 Å². The summed E-state index contributed by atoms with van der Waals surface area (Å²) in [5, 5.41) is 8.97. The number of fused-ring (bicyclic) bond motifs is 1. The molecule has 1 N–H and O–H groups in total. The van der Waals surface area contributed by atoms with Gasteiger partial charge in [-0.05, 0) is 25.1 Å². The maximum Gasteiger partial charge on any atom is 0.419 e. The zero-order chi connectivity index (χ0) is 13.4. The molecule has 0 aliphatic heterocycles. The molecule has 6 nitrogen and oxygen atoms in total. The van der Waals surface area contributed by atoms with Crippen molar-refractivity contribution in [1.82, 2.24) is 4.57 Å². The lowest BCUT2D eigenvalue weighted by Gasteiger charge is -2.23. The molecule has 0 amide bonds. The molecule has 1 aromatic heterocycles. The van der Waals surface area contributed by atoms with Gasteiger partial charge >= 0.3 is 11.7 Å². The van der Waals surface area contributed by atoms with Crippen LogP contribution in [0.1, 0.15) is 6.92 Å². The van der Waals surface area contributed by atoms with E-state index < -0.39 is 17.8 Å². The van der Waals surface area contributed by atoms with E-state index in [1.54, 1.807) is 44.1 Å². The molecule has 1 heterocycles. The summed E-state index contributed by atoms with van der Waals surface area (Å²) in [7, 11) is 3.30. The summed E-state index contributed by atoms with van der Waals surface area (Å²) < 4.78 is 6.40. The summed E-state index contributed by atoms with van der Waals surface area (Å²) in [4.78, 5) is 23.9.